The van der Waals surface area contributed by atoms with Gasteiger partial charge in [0.15, 0.2) is 5.75 Å². The van der Waals surface area contributed by atoms with Gasteiger partial charge in [0.05, 0.1) is 9.95 Å². The molecule has 1 heterocycles. The first-order valence-corrected chi connectivity index (χ1v) is 7.16. The normalized spacial score (nSPS) is 10.3. The smallest absolute Gasteiger partial charge is 0.311 e. The van der Waals surface area contributed by atoms with Gasteiger partial charge in [-0.3, -0.25) is 15.1 Å². The van der Waals surface area contributed by atoms with Crippen LogP contribution in [0.3, 0.4) is 0 Å². The van der Waals surface area contributed by atoms with Gasteiger partial charge in [-0.05, 0) is 17.7 Å². The van der Waals surface area contributed by atoms with E-state index in [4.69, 9.17) is 16.3 Å². The zero-order valence-electron chi connectivity index (χ0n) is 10.3. The van der Waals surface area contributed by atoms with Gasteiger partial charge in [0.25, 0.3) is 0 Å². The molecule has 20 heavy (non-hydrogen) atoms. The summed E-state index contributed by atoms with van der Waals surface area (Å²) >= 11 is 9.22. The van der Waals surface area contributed by atoms with Crippen molar-refractivity contribution < 1.29 is 9.66 Å². The Morgan fingerprint density at radius 3 is 2.85 bits per heavy atom. The summed E-state index contributed by atoms with van der Waals surface area (Å²) < 4.78 is 5.50. The lowest BCUT2D eigenvalue weighted by atomic mass is 10.2. The number of halogens is 2. The Kier molecular flexibility index (Phi) is 4.92. The van der Waals surface area contributed by atoms with Crippen LogP contribution in [0.4, 0.5) is 5.69 Å². The number of pyridine rings is 1. The third-order valence-electron chi connectivity index (χ3n) is 2.61. The lowest BCUT2D eigenvalue weighted by Gasteiger charge is -2.08. The van der Waals surface area contributed by atoms with Crippen LogP contribution in [0.2, 0.25) is 5.02 Å². The molecule has 0 N–H and O–H groups in total. The number of nitro benzene ring substituents is 1. The Labute approximate surface area is 128 Å². The van der Waals surface area contributed by atoms with E-state index in [0.29, 0.717) is 10.4 Å². The van der Waals surface area contributed by atoms with E-state index in [1.54, 1.807) is 24.4 Å². The molecule has 1 aromatic carbocycles. The van der Waals surface area contributed by atoms with Gasteiger partial charge in [-0.2, -0.15) is 0 Å². The van der Waals surface area contributed by atoms with Crippen LogP contribution in [-0.2, 0) is 11.9 Å². The Bertz CT molecular complexity index is 637. The topological polar surface area (TPSA) is 65.3 Å². The second kappa shape index (κ2) is 6.67. The van der Waals surface area contributed by atoms with Crippen molar-refractivity contribution in [3.05, 3.63) is 62.9 Å². The highest BCUT2D eigenvalue weighted by atomic mass is 79.9. The standard InChI is InChI=1S/C13H10BrClN2O3/c14-6-9-1-2-13(12(5-9)17(18)19)20-8-10-3-4-16-7-11(10)15/h1-5,7H,6,8H2. The number of alkyl halides is 1. The number of benzene rings is 1. The van der Waals surface area contributed by atoms with Crippen LogP contribution in [0.5, 0.6) is 5.75 Å². The van der Waals surface area contributed by atoms with Gasteiger partial charge in [-0.1, -0.05) is 33.6 Å². The van der Waals surface area contributed by atoms with Crippen LogP contribution in [0, 0.1) is 10.1 Å². The molecular formula is C13H10BrClN2O3. The predicted molar refractivity (Wildman–Crippen MR) is 79.3 cm³/mol. The lowest BCUT2D eigenvalue weighted by molar-refractivity contribution is -0.386. The highest BCUT2D eigenvalue weighted by Crippen LogP contribution is 2.30. The first-order valence-electron chi connectivity index (χ1n) is 5.66. The summed E-state index contributed by atoms with van der Waals surface area (Å²) in [5, 5.41) is 12.1. The Morgan fingerprint density at radius 2 is 2.20 bits per heavy atom. The molecule has 7 heteroatoms. The summed E-state index contributed by atoms with van der Waals surface area (Å²) in [4.78, 5) is 14.4. The number of aromatic nitrogens is 1. The molecule has 104 valence electrons. The zero-order chi connectivity index (χ0) is 14.5. The Hall–Kier alpha value is -1.66. The molecule has 0 amide bonds. The molecule has 0 aliphatic heterocycles. The first kappa shape index (κ1) is 14.7. The molecule has 0 unspecified atom stereocenters. The molecule has 0 atom stereocenters. The Balaban J connectivity index is 2.21. The summed E-state index contributed by atoms with van der Waals surface area (Å²) in [5.41, 5.74) is 1.47. The minimum atomic E-state index is -0.463. The third-order valence-corrected chi connectivity index (χ3v) is 3.60. The van der Waals surface area contributed by atoms with E-state index in [-0.39, 0.29) is 18.0 Å². The largest absolute Gasteiger partial charge is 0.482 e. The van der Waals surface area contributed by atoms with Gasteiger partial charge in [-0.25, -0.2) is 0 Å². The second-order valence-electron chi connectivity index (χ2n) is 3.95. The average Bonchev–Trinajstić information content (AvgIpc) is 2.46. The summed E-state index contributed by atoms with van der Waals surface area (Å²) in [7, 11) is 0. The van der Waals surface area contributed by atoms with Crippen molar-refractivity contribution in [1.82, 2.24) is 4.98 Å². The molecule has 0 bridgehead atoms. The van der Waals surface area contributed by atoms with E-state index in [1.165, 1.54) is 12.3 Å². The molecular weight excluding hydrogens is 348 g/mol. The molecule has 2 aromatic rings. The third kappa shape index (κ3) is 3.46. The number of nitrogens with zero attached hydrogens (tertiary/aromatic N) is 2. The van der Waals surface area contributed by atoms with Crippen LogP contribution < -0.4 is 4.74 Å². The Morgan fingerprint density at radius 1 is 1.40 bits per heavy atom. The minimum Gasteiger partial charge on any atom is -0.482 e. The van der Waals surface area contributed by atoms with E-state index >= 15 is 0 Å². The minimum absolute atomic E-state index is 0.0628. The van der Waals surface area contributed by atoms with Crippen molar-refractivity contribution in [2.24, 2.45) is 0 Å². The number of ether oxygens (including phenoxy) is 1. The van der Waals surface area contributed by atoms with Crippen molar-refractivity contribution >= 4 is 33.2 Å². The molecule has 0 aliphatic rings. The van der Waals surface area contributed by atoms with E-state index < -0.39 is 4.92 Å². The van der Waals surface area contributed by atoms with Crippen molar-refractivity contribution in [1.29, 1.82) is 0 Å². The fourth-order valence-electron chi connectivity index (χ4n) is 1.59. The van der Waals surface area contributed by atoms with Crippen LogP contribution in [-0.4, -0.2) is 9.91 Å². The molecule has 0 fully saturated rings. The van der Waals surface area contributed by atoms with Gasteiger partial charge >= 0.3 is 5.69 Å². The van der Waals surface area contributed by atoms with Gasteiger partial charge in [-0.15, -0.1) is 0 Å². The van der Waals surface area contributed by atoms with E-state index in [2.05, 4.69) is 20.9 Å². The number of hydrogen-bond donors (Lipinski definition) is 0. The van der Waals surface area contributed by atoms with Crippen LogP contribution >= 0.6 is 27.5 Å². The summed E-state index contributed by atoms with van der Waals surface area (Å²) in [6.07, 6.45) is 3.09. The monoisotopic (exact) mass is 356 g/mol. The molecule has 0 saturated heterocycles. The van der Waals surface area contributed by atoms with Crippen molar-refractivity contribution in [3.8, 4) is 5.75 Å². The fraction of sp³-hybridized carbons (Fsp3) is 0.154. The van der Waals surface area contributed by atoms with E-state index in [0.717, 1.165) is 11.1 Å². The molecule has 0 radical (unpaired) electrons. The second-order valence-corrected chi connectivity index (χ2v) is 4.92. The quantitative estimate of drug-likeness (QED) is 0.459. The maximum Gasteiger partial charge on any atom is 0.311 e. The molecule has 5 nitrogen and oxygen atoms in total. The molecule has 0 spiro atoms. The molecule has 1 aromatic heterocycles. The van der Waals surface area contributed by atoms with Crippen LogP contribution in [0.25, 0.3) is 0 Å². The maximum atomic E-state index is 11.0. The number of hydrogen-bond acceptors (Lipinski definition) is 4. The maximum absolute atomic E-state index is 11.0. The van der Waals surface area contributed by atoms with Gasteiger partial charge in [0.2, 0.25) is 0 Å². The number of rotatable bonds is 5. The average molecular weight is 358 g/mol. The molecule has 0 saturated carbocycles. The number of nitro groups is 1. The van der Waals surface area contributed by atoms with Crippen LogP contribution in [0.15, 0.2) is 36.7 Å². The van der Waals surface area contributed by atoms with Gasteiger partial charge in [0.1, 0.15) is 6.61 Å². The van der Waals surface area contributed by atoms with Gasteiger partial charge < -0.3 is 4.74 Å². The molecule has 0 aliphatic carbocycles. The van der Waals surface area contributed by atoms with Crippen molar-refractivity contribution in [2.75, 3.05) is 0 Å². The van der Waals surface area contributed by atoms with E-state index in [9.17, 15) is 10.1 Å². The summed E-state index contributed by atoms with van der Waals surface area (Å²) in [6, 6.07) is 6.55. The van der Waals surface area contributed by atoms with E-state index in [1.807, 2.05) is 0 Å². The predicted octanol–water partition coefficient (Wildman–Crippen LogP) is 4.12. The van der Waals surface area contributed by atoms with Crippen LogP contribution in [0.1, 0.15) is 11.1 Å². The summed E-state index contributed by atoms with van der Waals surface area (Å²) in [6.45, 7) is 0.149. The first-order chi connectivity index (χ1) is 9.61. The molecule has 2 rings (SSSR count). The van der Waals surface area contributed by atoms with Gasteiger partial charge in [0, 0.05) is 29.4 Å². The summed E-state index contributed by atoms with van der Waals surface area (Å²) in [5.74, 6) is 0.215. The SMILES string of the molecule is O=[N+]([O-])c1cc(CBr)ccc1OCc1ccncc1Cl. The lowest BCUT2D eigenvalue weighted by Crippen LogP contribution is -2.00. The van der Waals surface area contributed by atoms with Crippen molar-refractivity contribution in [2.45, 2.75) is 11.9 Å². The fourth-order valence-corrected chi connectivity index (χ4v) is 2.11. The highest BCUT2D eigenvalue weighted by Gasteiger charge is 2.16. The highest BCUT2D eigenvalue weighted by molar-refractivity contribution is 9.08. The van der Waals surface area contributed by atoms with Crippen molar-refractivity contribution in [3.63, 3.8) is 0 Å². The zero-order valence-corrected chi connectivity index (χ0v) is 12.6.